The van der Waals surface area contributed by atoms with Crippen molar-refractivity contribution >= 4 is 22.9 Å². The molecule has 15 heavy (non-hydrogen) atoms. The van der Waals surface area contributed by atoms with Crippen molar-refractivity contribution in [2.45, 2.75) is 39.8 Å². The van der Waals surface area contributed by atoms with E-state index in [2.05, 4.69) is 29.5 Å². The maximum absolute atomic E-state index is 5.90. The second kappa shape index (κ2) is 6.46. The van der Waals surface area contributed by atoms with E-state index >= 15 is 0 Å². The van der Waals surface area contributed by atoms with Gasteiger partial charge in [-0.3, -0.25) is 0 Å². The standard InChI is InChI=1S/C11H19ClN2S/c1-8(2)4-10(5-12)13-6-11-7-15-9(3)14-11/h7-8,10,13H,4-6H2,1-3H3. The molecular formula is C11H19ClN2S. The highest BCUT2D eigenvalue weighted by Crippen LogP contribution is 2.10. The monoisotopic (exact) mass is 246 g/mol. The third kappa shape index (κ3) is 4.96. The fourth-order valence-electron chi connectivity index (χ4n) is 1.51. The summed E-state index contributed by atoms with van der Waals surface area (Å²) in [5, 5.41) is 6.67. The first-order valence-electron chi connectivity index (χ1n) is 5.32. The lowest BCUT2D eigenvalue weighted by Crippen LogP contribution is -2.31. The number of halogens is 1. The van der Waals surface area contributed by atoms with Gasteiger partial charge < -0.3 is 5.32 Å². The van der Waals surface area contributed by atoms with E-state index < -0.39 is 0 Å². The van der Waals surface area contributed by atoms with Crippen LogP contribution in [-0.4, -0.2) is 16.9 Å². The SMILES string of the molecule is Cc1nc(CNC(CCl)CC(C)C)cs1. The van der Waals surface area contributed by atoms with Crippen molar-refractivity contribution in [3.8, 4) is 0 Å². The van der Waals surface area contributed by atoms with Gasteiger partial charge in [-0.25, -0.2) is 4.98 Å². The molecule has 0 radical (unpaired) electrons. The first-order chi connectivity index (χ1) is 7.11. The molecule has 0 bridgehead atoms. The van der Waals surface area contributed by atoms with Gasteiger partial charge in [-0.2, -0.15) is 0 Å². The van der Waals surface area contributed by atoms with Crippen LogP contribution in [0, 0.1) is 12.8 Å². The van der Waals surface area contributed by atoms with E-state index in [1.807, 2.05) is 6.92 Å². The fraction of sp³-hybridized carbons (Fsp3) is 0.727. The predicted octanol–water partition coefficient (Wildman–Crippen LogP) is 3.19. The summed E-state index contributed by atoms with van der Waals surface area (Å²) >= 11 is 7.60. The smallest absolute Gasteiger partial charge is 0.0897 e. The van der Waals surface area contributed by atoms with E-state index in [4.69, 9.17) is 11.6 Å². The zero-order valence-electron chi connectivity index (χ0n) is 9.59. The minimum atomic E-state index is 0.397. The van der Waals surface area contributed by atoms with E-state index in [0.717, 1.165) is 23.7 Å². The quantitative estimate of drug-likeness (QED) is 0.780. The Hall–Kier alpha value is -0.120. The molecule has 1 heterocycles. The van der Waals surface area contributed by atoms with Gasteiger partial charge in [-0.1, -0.05) is 13.8 Å². The predicted molar refractivity (Wildman–Crippen MR) is 67.7 cm³/mol. The summed E-state index contributed by atoms with van der Waals surface area (Å²) < 4.78 is 0. The lowest BCUT2D eigenvalue weighted by Gasteiger charge is -2.17. The molecule has 0 aromatic carbocycles. The summed E-state index contributed by atoms with van der Waals surface area (Å²) in [7, 11) is 0. The van der Waals surface area contributed by atoms with E-state index in [1.54, 1.807) is 11.3 Å². The van der Waals surface area contributed by atoms with Gasteiger partial charge in [0.1, 0.15) is 0 Å². The molecule has 0 saturated heterocycles. The van der Waals surface area contributed by atoms with Crippen molar-refractivity contribution in [1.82, 2.24) is 10.3 Å². The highest BCUT2D eigenvalue weighted by molar-refractivity contribution is 7.09. The molecule has 0 aliphatic carbocycles. The lowest BCUT2D eigenvalue weighted by molar-refractivity contribution is 0.443. The maximum atomic E-state index is 5.90. The highest BCUT2D eigenvalue weighted by Gasteiger charge is 2.09. The Bertz CT molecular complexity index is 286. The van der Waals surface area contributed by atoms with E-state index in [0.29, 0.717) is 17.8 Å². The molecule has 0 fully saturated rings. The molecule has 0 amide bonds. The fourth-order valence-corrected chi connectivity index (χ4v) is 2.36. The Morgan fingerprint density at radius 3 is 2.73 bits per heavy atom. The summed E-state index contributed by atoms with van der Waals surface area (Å²) in [5.74, 6) is 1.35. The normalized spacial score (nSPS) is 13.4. The third-order valence-corrected chi connectivity index (χ3v) is 3.38. The number of hydrogen-bond donors (Lipinski definition) is 1. The summed E-state index contributed by atoms with van der Waals surface area (Å²) in [6, 6.07) is 0.397. The minimum absolute atomic E-state index is 0.397. The van der Waals surface area contributed by atoms with Crippen LogP contribution in [-0.2, 0) is 6.54 Å². The molecule has 86 valence electrons. The number of rotatable bonds is 6. The zero-order chi connectivity index (χ0) is 11.3. The highest BCUT2D eigenvalue weighted by atomic mass is 35.5. The number of hydrogen-bond acceptors (Lipinski definition) is 3. The largest absolute Gasteiger partial charge is 0.307 e. The zero-order valence-corrected chi connectivity index (χ0v) is 11.2. The molecular weight excluding hydrogens is 228 g/mol. The van der Waals surface area contributed by atoms with Crippen LogP contribution in [0.1, 0.15) is 31.0 Å². The van der Waals surface area contributed by atoms with Crippen LogP contribution in [0.25, 0.3) is 0 Å². The molecule has 1 aromatic heterocycles. The number of alkyl halides is 1. The molecule has 2 nitrogen and oxygen atoms in total. The molecule has 1 N–H and O–H groups in total. The summed E-state index contributed by atoms with van der Waals surface area (Å²) in [5.41, 5.74) is 1.12. The lowest BCUT2D eigenvalue weighted by atomic mass is 10.1. The minimum Gasteiger partial charge on any atom is -0.307 e. The van der Waals surface area contributed by atoms with Crippen molar-refractivity contribution in [1.29, 1.82) is 0 Å². The Morgan fingerprint density at radius 1 is 1.53 bits per heavy atom. The summed E-state index contributed by atoms with van der Waals surface area (Å²) in [6.45, 7) is 7.29. The van der Waals surface area contributed by atoms with E-state index in [9.17, 15) is 0 Å². The number of aromatic nitrogens is 1. The van der Waals surface area contributed by atoms with Gasteiger partial charge in [0.2, 0.25) is 0 Å². The van der Waals surface area contributed by atoms with Gasteiger partial charge >= 0.3 is 0 Å². The molecule has 0 saturated carbocycles. The number of aryl methyl sites for hydroxylation is 1. The van der Waals surface area contributed by atoms with Crippen LogP contribution >= 0.6 is 22.9 Å². The number of thiazole rings is 1. The summed E-state index contributed by atoms with van der Waals surface area (Å²) in [6.07, 6.45) is 1.12. The van der Waals surface area contributed by atoms with Crippen LogP contribution in [0.15, 0.2) is 5.38 Å². The van der Waals surface area contributed by atoms with Gasteiger partial charge in [0, 0.05) is 23.8 Å². The van der Waals surface area contributed by atoms with Crippen molar-refractivity contribution < 1.29 is 0 Å². The van der Waals surface area contributed by atoms with Gasteiger partial charge in [0.15, 0.2) is 0 Å². The van der Waals surface area contributed by atoms with Crippen molar-refractivity contribution in [3.05, 3.63) is 16.1 Å². The van der Waals surface area contributed by atoms with Crippen molar-refractivity contribution in [2.75, 3.05) is 5.88 Å². The topological polar surface area (TPSA) is 24.9 Å². The van der Waals surface area contributed by atoms with Crippen LogP contribution in [0.4, 0.5) is 0 Å². The molecule has 4 heteroatoms. The molecule has 1 rings (SSSR count). The van der Waals surface area contributed by atoms with E-state index in [1.165, 1.54) is 0 Å². The maximum Gasteiger partial charge on any atom is 0.0897 e. The molecule has 0 aliphatic rings. The molecule has 0 aliphatic heterocycles. The molecule has 1 atom stereocenters. The first-order valence-corrected chi connectivity index (χ1v) is 6.73. The van der Waals surface area contributed by atoms with Crippen molar-refractivity contribution in [3.63, 3.8) is 0 Å². The van der Waals surface area contributed by atoms with Gasteiger partial charge in [0.25, 0.3) is 0 Å². The van der Waals surface area contributed by atoms with Crippen molar-refractivity contribution in [2.24, 2.45) is 5.92 Å². The number of nitrogens with zero attached hydrogens (tertiary/aromatic N) is 1. The summed E-state index contributed by atoms with van der Waals surface area (Å²) in [4.78, 5) is 4.41. The average Bonchev–Trinajstić information content (AvgIpc) is 2.58. The van der Waals surface area contributed by atoms with Crippen LogP contribution < -0.4 is 5.32 Å². The first kappa shape index (κ1) is 12.9. The Labute approximate surface area is 101 Å². The van der Waals surface area contributed by atoms with Gasteiger partial charge in [0.05, 0.1) is 10.7 Å². The number of nitrogens with one attached hydrogen (secondary N) is 1. The Balaban J connectivity index is 2.34. The second-order valence-electron chi connectivity index (χ2n) is 4.22. The Morgan fingerprint density at radius 2 is 2.27 bits per heavy atom. The molecule has 1 aromatic rings. The molecule has 1 unspecified atom stereocenters. The van der Waals surface area contributed by atoms with Crippen LogP contribution in [0.3, 0.4) is 0 Å². The van der Waals surface area contributed by atoms with Crippen LogP contribution in [0.2, 0.25) is 0 Å². The van der Waals surface area contributed by atoms with Gasteiger partial charge in [-0.05, 0) is 19.3 Å². The van der Waals surface area contributed by atoms with Crippen LogP contribution in [0.5, 0.6) is 0 Å². The van der Waals surface area contributed by atoms with Gasteiger partial charge in [-0.15, -0.1) is 22.9 Å². The third-order valence-electron chi connectivity index (χ3n) is 2.18. The van der Waals surface area contributed by atoms with E-state index in [-0.39, 0.29) is 0 Å². The Kier molecular flexibility index (Phi) is 5.58. The second-order valence-corrected chi connectivity index (χ2v) is 5.59. The molecule has 0 spiro atoms. The average molecular weight is 247 g/mol.